The number of aliphatic hydroxyl groups excluding tert-OH is 1. The van der Waals surface area contributed by atoms with E-state index in [0.717, 1.165) is 25.9 Å². The first-order chi connectivity index (χ1) is 5.13. The predicted octanol–water partition coefficient (Wildman–Crippen LogP) is 0.772. The Bertz CT molecular complexity index is 202. The van der Waals surface area contributed by atoms with Gasteiger partial charge in [-0.1, -0.05) is 12.2 Å². The second-order valence-corrected chi connectivity index (χ2v) is 3.93. The van der Waals surface area contributed by atoms with Gasteiger partial charge in [0.25, 0.3) is 0 Å². The summed E-state index contributed by atoms with van der Waals surface area (Å²) in [6.07, 6.45) is 1.87. The highest BCUT2D eigenvalue weighted by molar-refractivity contribution is 5.24. The molecule has 0 amide bonds. The van der Waals surface area contributed by atoms with E-state index in [-0.39, 0.29) is 11.6 Å². The third-order valence-electron chi connectivity index (χ3n) is 3.21. The summed E-state index contributed by atoms with van der Waals surface area (Å²) in [4.78, 5) is 2.35. The van der Waals surface area contributed by atoms with Gasteiger partial charge < -0.3 is 5.11 Å². The molecule has 0 saturated carbocycles. The quantitative estimate of drug-likeness (QED) is 0.520. The number of nitrogens with zero attached hydrogens (tertiary/aromatic N) is 1. The van der Waals surface area contributed by atoms with E-state index < -0.39 is 0 Å². The fourth-order valence-corrected chi connectivity index (χ4v) is 2.35. The lowest BCUT2D eigenvalue weighted by atomic mass is 9.92. The molecule has 0 aromatic heterocycles. The lowest BCUT2D eigenvalue weighted by Crippen LogP contribution is -2.35. The fraction of sp³-hybridized carbons (Fsp3) is 0.778. The molecule has 2 atom stereocenters. The van der Waals surface area contributed by atoms with Crippen molar-refractivity contribution in [3.8, 4) is 0 Å². The number of aliphatic hydroxyl groups is 1. The van der Waals surface area contributed by atoms with Gasteiger partial charge in [-0.05, 0) is 19.8 Å². The van der Waals surface area contributed by atoms with Gasteiger partial charge in [-0.2, -0.15) is 0 Å². The Labute approximate surface area is 67.5 Å². The number of hydrogen-bond acceptors (Lipinski definition) is 2. The van der Waals surface area contributed by atoms with Crippen LogP contribution in [0.3, 0.4) is 0 Å². The molecule has 0 bridgehead atoms. The summed E-state index contributed by atoms with van der Waals surface area (Å²) in [7, 11) is 0. The lowest BCUT2D eigenvalue weighted by molar-refractivity contribution is 0.177. The maximum Gasteiger partial charge on any atom is 0.0688 e. The Morgan fingerprint density at radius 3 is 3.09 bits per heavy atom. The summed E-state index contributed by atoms with van der Waals surface area (Å²) < 4.78 is 0. The molecule has 2 fully saturated rings. The molecule has 0 radical (unpaired) electrons. The maximum absolute atomic E-state index is 9.44. The van der Waals surface area contributed by atoms with Crippen molar-refractivity contribution >= 4 is 0 Å². The highest BCUT2D eigenvalue weighted by Crippen LogP contribution is 2.41. The molecule has 1 N–H and O–H groups in total. The highest BCUT2D eigenvalue weighted by Gasteiger charge is 2.46. The van der Waals surface area contributed by atoms with Crippen LogP contribution >= 0.6 is 0 Å². The smallest absolute Gasteiger partial charge is 0.0688 e. The van der Waals surface area contributed by atoms with Crippen molar-refractivity contribution in [2.75, 3.05) is 13.1 Å². The van der Waals surface area contributed by atoms with Gasteiger partial charge in [0, 0.05) is 18.6 Å². The summed E-state index contributed by atoms with van der Waals surface area (Å²) in [5.74, 6) is 0. The van der Waals surface area contributed by atoms with Gasteiger partial charge in [0.15, 0.2) is 0 Å². The van der Waals surface area contributed by atoms with Crippen LogP contribution in [0.4, 0.5) is 0 Å². The highest BCUT2D eigenvalue weighted by atomic mass is 16.3. The molecule has 1 unspecified atom stereocenters. The fourth-order valence-electron chi connectivity index (χ4n) is 2.35. The molecule has 2 aliphatic heterocycles. The zero-order valence-electron chi connectivity index (χ0n) is 7.01. The Balaban J connectivity index is 2.26. The van der Waals surface area contributed by atoms with E-state index in [2.05, 4.69) is 18.4 Å². The van der Waals surface area contributed by atoms with Gasteiger partial charge in [0.05, 0.1) is 6.10 Å². The van der Waals surface area contributed by atoms with Crippen molar-refractivity contribution in [1.82, 2.24) is 4.90 Å². The second kappa shape index (κ2) is 2.08. The number of β-amino-alcohol motifs (C(OH)–C–C–N with tert-alkyl or cyclic N) is 1. The van der Waals surface area contributed by atoms with Crippen LogP contribution in [-0.2, 0) is 0 Å². The minimum atomic E-state index is -0.128. The summed E-state index contributed by atoms with van der Waals surface area (Å²) in [6.45, 7) is 8.18. The molecule has 2 saturated heterocycles. The molecule has 2 heteroatoms. The van der Waals surface area contributed by atoms with Crippen LogP contribution < -0.4 is 0 Å². The Kier molecular flexibility index (Phi) is 1.38. The molecule has 2 rings (SSSR count). The van der Waals surface area contributed by atoms with Crippen molar-refractivity contribution < 1.29 is 5.11 Å². The average Bonchev–Trinajstić information content (AvgIpc) is 2.32. The summed E-state index contributed by atoms with van der Waals surface area (Å²) >= 11 is 0. The van der Waals surface area contributed by atoms with Crippen molar-refractivity contribution in [1.29, 1.82) is 0 Å². The van der Waals surface area contributed by atoms with Crippen molar-refractivity contribution in [3.05, 3.63) is 12.2 Å². The van der Waals surface area contributed by atoms with E-state index in [1.54, 1.807) is 0 Å². The summed E-state index contributed by atoms with van der Waals surface area (Å²) in [6, 6.07) is 0. The molecular formula is C9H15NO. The minimum absolute atomic E-state index is 0.124. The molecule has 11 heavy (non-hydrogen) atoms. The molecule has 2 aliphatic rings. The average molecular weight is 153 g/mol. The Morgan fingerprint density at radius 2 is 2.45 bits per heavy atom. The third kappa shape index (κ3) is 0.861. The zero-order chi connectivity index (χ0) is 8.06. The van der Waals surface area contributed by atoms with Crippen LogP contribution in [0.1, 0.15) is 19.8 Å². The van der Waals surface area contributed by atoms with Gasteiger partial charge in [-0.3, -0.25) is 4.90 Å². The number of hydrogen-bond donors (Lipinski definition) is 1. The molecule has 62 valence electrons. The normalized spacial score (nSPS) is 44.9. The van der Waals surface area contributed by atoms with Gasteiger partial charge in [-0.15, -0.1) is 0 Å². The maximum atomic E-state index is 9.44. The van der Waals surface area contributed by atoms with E-state index >= 15 is 0 Å². The molecule has 0 aliphatic carbocycles. The van der Waals surface area contributed by atoms with Crippen molar-refractivity contribution in [2.24, 2.45) is 0 Å². The minimum Gasteiger partial charge on any atom is -0.392 e. The number of fused-ring (bicyclic) bond motifs is 1. The van der Waals surface area contributed by atoms with Crippen LogP contribution in [0.2, 0.25) is 0 Å². The Morgan fingerprint density at radius 1 is 1.73 bits per heavy atom. The van der Waals surface area contributed by atoms with Crippen LogP contribution in [0.25, 0.3) is 0 Å². The van der Waals surface area contributed by atoms with Crippen LogP contribution in [0, 0.1) is 0 Å². The van der Waals surface area contributed by atoms with E-state index in [4.69, 9.17) is 0 Å². The Hall–Kier alpha value is -0.340. The SMILES string of the molecule is C=C1CCN2CC(O)C[C@@]12C. The van der Waals surface area contributed by atoms with Crippen molar-refractivity contribution in [3.63, 3.8) is 0 Å². The van der Waals surface area contributed by atoms with Gasteiger partial charge >= 0.3 is 0 Å². The van der Waals surface area contributed by atoms with E-state index in [1.807, 2.05) is 0 Å². The first kappa shape index (κ1) is 7.32. The summed E-state index contributed by atoms with van der Waals surface area (Å²) in [5, 5.41) is 9.44. The first-order valence-electron chi connectivity index (χ1n) is 4.24. The van der Waals surface area contributed by atoms with E-state index in [1.165, 1.54) is 5.57 Å². The second-order valence-electron chi connectivity index (χ2n) is 3.93. The zero-order valence-corrected chi connectivity index (χ0v) is 7.01. The van der Waals surface area contributed by atoms with Crippen LogP contribution in [0.5, 0.6) is 0 Å². The largest absolute Gasteiger partial charge is 0.392 e. The van der Waals surface area contributed by atoms with Gasteiger partial charge in [0.2, 0.25) is 0 Å². The molecule has 0 aromatic carbocycles. The monoisotopic (exact) mass is 153 g/mol. The first-order valence-corrected chi connectivity index (χ1v) is 4.24. The van der Waals surface area contributed by atoms with Gasteiger partial charge in [0.1, 0.15) is 0 Å². The van der Waals surface area contributed by atoms with Crippen LogP contribution in [-0.4, -0.2) is 34.7 Å². The molecule has 2 nitrogen and oxygen atoms in total. The molecular weight excluding hydrogens is 138 g/mol. The predicted molar refractivity (Wildman–Crippen MR) is 44.4 cm³/mol. The van der Waals surface area contributed by atoms with Crippen molar-refractivity contribution in [2.45, 2.75) is 31.4 Å². The van der Waals surface area contributed by atoms with E-state index in [0.29, 0.717) is 0 Å². The molecule has 0 spiro atoms. The topological polar surface area (TPSA) is 23.5 Å². The molecule has 2 heterocycles. The van der Waals surface area contributed by atoms with E-state index in [9.17, 15) is 5.11 Å². The van der Waals surface area contributed by atoms with Crippen LogP contribution in [0.15, 0.2) is 12.2 Å². The van der Waals surface area contributed by atoms with Gasteiger partial charge in [-0.25, -0.2) is 0 Å². The lowest BCUT2D eigenvalue weighted by Gasteiger charge is -2.27. The standard InChI is InChI=1S/C9H15NO/c1-7-3-4-10-6-8(11)5-9(7,10)2/h8,11H,1,3-6H2,2H3/t8?,9-/m0/s1. The molecule has 0 aromatic rings. The summed E-state index contributed by atoms with van der Waals surface area (Å²) in [5.41, 5.74) is 1.42. The number of rotatable bonds is 0. The third-order valence-corrected chi connectivity index (χ3v) is 3.21.